The van der Waals surface area contributed by atoms with Crippen molar-refractivity contribution >= 4 is 11.9 Å². The van der Waals surface area contributed by atoms with Crippen molar-refractivity contribution in [3.05, 3.63) is 0 Å². The molecular formula is C12H22N2O3. The maximum Gasteiger partial charge on any atom is 0.319 e. The molecule has 0 aromatic heterocycles. The predicted octanol–water partition coefficient (Wildman–Crippen LogP) is 0.540. The number of carbonyl (C=O) groups is 2. The smallest absolute Gasteiger partial charge is 0.319 e. The Morgan fingerprint density at radius 2 is 2.06 bits per heavy atom. The van der Waals surface area contributed by atoms with Crippen molar-refractivity contribution in [2.24, 2.45) is 0 Å². The summed E-state index contributed by atoms with van der Waals surface area (Å²) in [4.78, 5) is 24.6. The Labute approximate surface area is 102 Å². The van der Waals surface area contributed by atoms with Crippen molar-refractivity contribution in [1.29, 1.82) is 0 Å². The normalized spacial score (nSPS) is 14.8. The van der Waals surface area contributed by atoms with Crippen molar-refractivity contribution in [3.63, 3.8) is 0 Å². The number of nitrogens with one attached hydrogen (secondary N) is 1. The van der Waals surface area contributed by atoms with Crippen LogP contribution in [0.2, 0.25) is 0 Å². The largest absolute Gasteiger partial charge is 0.468 e. The number of carbonyl (C=O) groups excluding carboxylic acids is 2. The molecule has 0 spiro atoms. The van der Waals surface area contributed by atoms with E-state index in [4.69, 9.17) is 0 Å². The van der Waals surface area contributed by atoms with E-state index in [1.54, 1.807) is 0 Å². The van der Waals surface area contributed by atoms with Gasteiger partial charge in [-0.15, -0.1) is 0 Å². The fraction of sp³-hybridized carbons (Fsp3) is 0.833. The highest BCUT2D eigenvalue weighted by atomic mass is 16.5. The summed E-state index contributed by atoms with van der Waals surface area (Å²) in [6, 6.07) is 0.405. The summed E-state index contributed by atoms with van der Waals surface area (Å²) in [5, 5.41) is 2.94. The van der Waals surface area contributed by atoms with Crippen molar-refractivity contribution in [2.45, 2.75) is 38.6 Å². The minimum absolute atomic E-state index is 0.0819. The molecule has 1 amide bonds. The third-order valence-electron chi connectivity index (χ3n) is 2.72. The first-order valence-electron chi connectivity index (χ1n) is 6.24. The Bertz CT molecular complexity index is 264. The van der Waals surface area contributed by atoms with Crippen LogP contribution in [-0.4, -0.2) is 49.6 Å². The molecule has 1 fully saturated rings. The Hall–Kier alpha value is -1.10. The van der Waals surface area contributed by atoms with E-state index in [1.807, 2.05) is 4.90 Å². The van der Waals surface area contributed by atoms with Gasteiger partial charge in [0.1, 0.15) is 0 Å². The zero-order valence-electron chi connectivity index (χ0n) is 10.7. The average Bonchev–Trinajstić information content (AvgIpc) is 3.10. The van der Waals surface area contributed by atoms with E-state index in [1.165, 1.54) is 7.11 Å². The first kappa shape index (κ1) is 14.0. The molecule has 1 aliphatic carbocycles. The maximum atomic E-state index is 11.5. The molecule has 0 aromatic rings. The fourth-order valence-corrected chi connectivity index (χ4v) is 1.62. The second-order valence-electron chi connectivity index (χ2n) is 4.44. The maximum absolute atomic E-state index is 11.5. The number of rotatable bonds is 8. The van der Waals surface area contributed by atoms with Gasteiger partial charge in [0.2, 0.25) is 5.91 Å². The second kappa shape index (κ2) is 7.27. The monoisotopic (exact) mass is 242 g/mol. The van der Waals surface area contributed by atoms with Crippen LogP contribution < -0.4 is 5.32 Å². The molecule has 0 saturated heterocycles. The highest BCUT2D eigenvalue weighted by molar-refractivity contribution is 5.77. The average molecular weight is 242 g/mol. The number of hydrogen-bond acceptors (Lipinski definition) is 4. The fourth-order valence-electron chi connectivity index (χ4n) is 1.62. The molecule has 0 bridgehead atoms. The molecule has 0 heterocycles. The van der Waals surface area contributed by atoms with Gasteiger partial charge in [-0.2, -0.15) is 0 Å². The van der Waals surface area contributed by atoms with Gasteiger partial charge < -0.3 is 10.1 Å². The summed E-state index contributed by atoms with van der Waals surface area (Å²) in [6.45, 7) is 3.74. The number of esters is 1. The number of methoxy groups -OCH3 is 1. The van der Waals surface area contributed by atoms with E-state index in [0.29, 0.717) is 19.0 Å². The van der Waals surface area contributed by atoms with Gasteiger partial charge in [0, 0.05) is 19.0 Å². The number of amides is 1. The molecule has 0 atom stereocenters. The molecule has 0 aromatic carbocycles. The molecular weight excluding hydrogens is 220 g/mol. The topological polar surface area (TPSA) is 58.6 Å². The van der Waals surface area contributed by atoms with Crippen LogP contribution in [0.3, 0.4) is 0 Å². The number of nitrogens with zero attached hydrogens (tertiary/aromatic N) is 1. The van der Waals surface area contributed by atoms with E-state index in [0.717, 1.165) is 25.8 Å². The first-order valence-corrected chi connectivity index (χ1v) is 6.24. The first-order chi connectivity index (χ1) is 8.15. The van der Waals surface area contributed by atoms with Crippen molar-refractivity contribution in [3.8, 4) is 0 Å². The van der Waals surface area contributed by atoms with Gasteiger partial charge in [-0.25, -0.2) is 0 Å². The van der Waals surface area contributed by atoms with Gasteiger partial charge in [-0.1, -0.05) is 6.92 Å². The quantitative estimate of drug-likeness (QED) is 0.631. The Balaban J connectivity index is 2.21. The lowest BCUT2D eigenvalue weighted by Crippen LogP contribution is -2.35. The van der Waals surface area contributed by atoms with E-state index in [9.17, 15) is 9.59 Å². The van der Waals surface area contributed by atoms with Crippen LogP contribution in [0.15, 0.2) is 0 Å². The molecule has 17 heavy (non-hydrogen) atoms. The lowest BCUT2D eigenvalue weighted by molar-refractivity contribution is -0.142. The summed E-state index contributed by atoms with van der Waals surface area (Å²) in [5.41, 5.74) is 0. The molecule has 0 radical (unpaired) electrons. The van der Waals surface area contributed by atoms with Crippen LogP contribution in [0.25, 0.3) is 0 Å². The van der Waals surface area contributed by atoms with Gasteiger partial charge >= 0.3 is 5.97 Å². The summed E-state index contributed by atoms with van der Waals surface area (Å²) in [7, 11) is 1.38. The van der Waals surface area contributed by atoms with Crippen molar-refractivity contribution in [2.75, 3.05) is 26.7 Å². The number of ether oxygens (including phenoxy) is 1. The van der Waals surface area contributed by atoms with Crippen LogP contribution >= 0.6 is 0 Å². The highest BCUT2D eigenvalue weighted by Gasteiger charge is 2.23. The molecule has 1 saturated carbocycles. The minimum atomic E-state index is -0.249. The molecule has 1 N–H and O–H groups in total. The highest BCUT2D eigenvalue weighted by Crippen LogP contribution is 2.18. The molecule has 5 nitrogen and oxygen atoms in total. The number of hydrogen-bond donors (Lipinski definition) is 1. The molecule has 1 aliphatic rings. The van der Waals surface area contributed by atoms with Crippen LogP contribution in [0, 0.1) is 0 Å². The lowest BCUT2D eigenvalue weighted by atomic mass is 10.3. The van der Waals surface area contributed by atoms with Gasteiger partial charge in [-0.3, -0.25) is 14.5 Å². The molecule has 1 rings (SSSR count). The van der Waals surface area contributed by atoms with E-state index in [2.05, 4.69) is 17.0 Å². The summed E-state index contributed by atoms with van der Waals surface area (Å²) < 4.78 is 4.63. The molecule has 0 unspecified atom stereocenters. The van der Waals surface area contributed by atoms with Crippen LogP contribution in [0.4, 0.5) is 0 Å². The lowest BCUT2D eigenvalue weighted by Gasteiger charge is -2.19. The molecule has 5 heteroatoms. The third-order valence-corrected chi connectivity index (χ3v) is 2.72. The zero-order chi connectivity index (χ0) is 12.7. The molecule has 0 aliphatic heterocycles. The minimum Gasteiger partial charge on any atom is -0.468 e. The van der Waals surface area contributed by atoms with E-state index < -0.39 is 0 Å². The second-order valence-corrected chi connectivity index (χ2v) is 4.44. The standard InChI is InChI=1S/C12H22N2O3/c1-3-7-14(9-12(16)17-2)8-6-11(15)13-10-4-5-10/h10H,3-9H2,1-2H3,(H,13,15). The Morgan fingerprint density at radius 1 is 1.35 bits per heavy atom. The van der Waals surface area contributed by atoms with E-state index in [-0.39, 0.29) is 18.4 Å². The van der Waals surface area contributed by atoms with E-state index >= 15 is 0 Å². The van der Waals surface area contributed by atoms with Gasteiger partial charge in [0.25, 0.3) is 0 Å². The Morgan fingerprint density at radius 3 is 2.59 bits per heavy atom. The van der Waals surface area contributed by atoms with Gasteiger partial charge in [0.15, 0.2) is 0 Å². The van der Waals surface area contributed by atoms with Crippen LogP contribution in [0.1, 0.15) is 32.6 Å². The molecule has 98 valence electrons. The van der Waals surface area contributed by atoms with Crippen LogP contribution in [0.5, 0.6) is 0 Å². The Kier molecular flexibility index (Phi) is 5.97. The van der Waals surface area contributed by atoms with Gasteiger partial charge in [0.05, 0.1) is 13.7 Å². The SMILES string of the molecule is CCCN(CCC(=O)NC1CC1)CC(=O)OC. The predicted molar refractivity (Wildman–Crippen MR) is 64.5 cm³/mol. The van der Waals surface area contributed by atoms with Gasteiger partial charge in [-0.05, 0) is 25.8 Å². The zero-order valence-corrected chi connectivity index (χ0v) is 10.7. The summed E-state index contributed by atoms with van der Waals surface area (Å²) in [5.74, 6) is -0.167. The summed E-state index contributed by atoms with van der Waals surface area (Å²) >= 11 is 0. The van der Waals surface area contributed by atoms with Crippen molar-refractivity contribution in [1.82, 2.24) is 10.2 Å². The third kappa shape index (κ3) is 6.26. The summed E-state index contributed by atoms with van der Waals surface area (Å²) in [6.07, 6.45) is 3.62. The van der Waals surface area contributed by atoms with Crippen molar-refractivity contribution < 1.29 is 14.3 Å². The van der Waals surface area contributed by atoms with Crippen LogP contribution in [-0.2, 0) is 14.3 Å².